The van der Waals surface area contributed by atoms with Crippen LogP contribution in [0.3, 0.4) is 0 Å². The average molecular weight is 201 g/mol. The van der Waals surface area contributed by atoms with E-state index in [0.29, 0.717) is 0 Å². The van der Waals surface area contributed by atoms with E-state index in [9.17, 15) is 4.79 Å². The zero-order chi connectivity index (χ0) is 4.28. The van der Waals surface area contributed by atoms with Gasteiger partial charge in [0.2, 0.25) is 0 Å². The van der Waals surface area contributed by atoms with Gasteiger partial charge < -0.3 is 0 Å². The van der Waals surface area contributed by atoms with Gasteiger partial charge in [-0.15, -0.1) is 0 Å². The molecule has 0 amide bonds. The Kier molecular flexibility index (Phi) is 3.50. The molecule has 0 aliphatic carbocycles. The summed E-state index contributed by atoms with van der Waals surface area (Å²) in [6.07, 6.45) is 0. The summed E-state index contributed by atoms with van der Waals surface area (Å²) < 4.78 is 3.99. The van der Waals surface area contributed by atoms with Crippen molar-refractivity contribution in [3.8, 4) is 0 Å². The van der Waals surface area contributed by atoms with Crippen molar-refractivity contribution in [1.29, 1.82) is 0 Å². The van der Waals surface area contributed by atoms with Gasteiger partial charge in [0.1, 0.15) is 0 Å². The standard InChI is InChI=1S/CHO2.Ce.H2N/c2-1-3;;/h(H,2,3);;1H2/q;+1;-1. The molecular formula is CH3CeNO2. The molecule has 0 unspecified atom stereocenters. The van der Waals surface area contributed by atoms with Gasteiger partial charge in [0.25, 0.3) is 0 Å². The zero-order valence-corrected chi connectivity index (χ0v) is 5.57. The van der Waals surface area contributed by atoms with Crippen LogP contribution in [-0.4, -0.2) is 6.59 Å². The molecule has 28 valence electrons. The molecule has 0 aromatic carbocycles. The second-order valence-corrected chi connectivity index (χ2v) is 2.70. The van der Waals surface area contributed by atoms with Gasteiger partial charge >= 0.3 is 51.0 Å². The molecule has 0 radical (unpaired) electrons. The van der Waals surface area contributed by atoms with Crippen LogP contribution >= 0.6 is 0 Å². The first kappa shape index (κ1) is 5.81. The van der Waals surface area contributed by atoms with Gasteiger partial charge in [0.05, 0.1) is 0 Å². The molecule has 0 aromatic rings. The molecule has 4 heteroatoms. The number of carboxylic acid groups (broad SMARTS) is 1. The topological polar surface area (TPSA) is 63.3 Å². The van der Waals surface area contributed by atoms with Crippen LogP contribution in [0.1, 0.15) is 0 Å². The van der Waals surface area contributed by atoms with E-state index < -0.39 is 39.4 Å². The van der Waals surface area contributed by atoms with Gasteiger partial charge in [-0.2, -0.15) is 0 Å². The van der Waals surface area contributed by atoms with Gasteiger partial charge in [-0.05, 0) is 0 Å². The van der Waals surface area contributed by atoms with Gasteiger partial charge in [-0.3, -0.25) is 0 Å². The molecule has 0 rings (SSSR count). The monoisotopic (exact) mass is 201 g/mol. The number of hydrogen-bond acceptors (Lipinski definition) is 2. The summed E-state index contributed by atoms with van der Waals surface area (Å²) in [4.78, 5) is 9.33. The van der Waals surface area contributed by atoms with Crippen molar-refractivity contribution in [2.75, 3.05) is 0 Å². The van der Waals surface area contributed by atoms with E-state index in [2.05, 4.69) is 0 Å². The van der Waals surface area contributed by atoms with Crippen molar-refractivity contribution in [3.63, 3.8) is 0 Å². The van der Waals surface area contributed by atoms with Crippen LogP contribution in [0.4, 0.5) is 4.79 Å². The van der Waals surface area contributed by atoms with E-state index in [1.807, 2.05) is 0 Å². The summed E-state index contributed by atoms with van der Waals surface area (Å²) in [5.74, 6) is 0. The molecule has 0 aliphatic heterocycles. The van der Waals surface area contributed by atoms with E-state index >= 15 is 0 Å². The molecule has 5 heavy (non-hydrogen) atoms. The SMILES string of the molecule is [NH2][Ce][C](=O)O. The Morgan fingerprint density at radius 2 is 2.20 bits per heavy atom. The second-order valence-electron chi connectivity index (χ2n) is 0.449. The summed E-state index contributed by atoms with van der Waals surface area (Å²) in [6.45, 7) is 0. The fourth-order valence-corrected chi connectivity index (χ4v) is 0. The number of nitrogens with two attached hydrogens (primary N) is 1. The third-order valence-electron chi connectivity index (χ3n) is 0.123. The van der Waals surface area contributed by atoms with E-state index in [1.54, 1.807) is 0 Å². The molecule has 0 aromatic heterocycles. The van der Waals surface area contributed by atoms with Crippen LogP contribution in [0.2, 0.25) is 0 Å². The quantitative estimate of drug-likeness (QED) is 0.608. The van der Waals surface area contributed by atoms with E-state index in [-0.39, 0.29) is 0 Å². The van der Waals surface area contributed by atoms with Gasteiger partial charge in [-0.1, -0.05) is 0 Å². The maximum atomic E-state index is 9.33. The average Bonchev–Trinajstić information content (AvgIpc) is 1.38. The van der Waals surface area contributed by atoms with Gasteiger partial charge in [-0.25, -0.2) is 0 Å². The first-order valence-electron chi connectivity index (χ1n) is 0.966. The molecule has 0 atom stereocenters. The van der Waals surface area contributed by atoms with Crippen LogP contribution in [0.5, 0.6) is 0 Å². The Hall–Kier alpha value is 0.807. The van der Waals surface area contributed by atoms with E-state index in [0.717, 1.165) is 0 Å². The van der Waals surface area contributed by atoms with E-state index in [1.165, 1.54) is 0 Å². The first-order valence-corrected chi connectivity index (χ1v) is 4.35. The Morgan fingerprint density at radius 1 is 2.00 bits per heavy atom. The Labute approximate surface area is 50.5 Å². The summed E-state index contributed by atoms with van der Waals surface area (Å²) in [5.41, 5.74) is 0. The van der Waals surface area contributed by atoms with Crippen molar-refractivity contribution in [2.45, 2.75) is 0 Å². The predicted octanol–water partition coefficient (Wildman–Crippen LogP) is -0.377. The van der Waals surface area contributed by atoms with Crippen molar-refractivity contribution in [1.82, 2.24) is 0 Å². The number of rotatable bonds is 1. The fourth-order valence-electron chi connectivity index (χ4n) is 0. The maximum absolute atomic E-state index is 9.33. The Balaban J connectivity index is 2.85. The van der Waals surface area contributed by atoms with Gasteiger partial charge in [0, 0.05) is 0 Å². The Bertz CT molecular complexity index is 44.9. The predicted molar refractivity (Wildman–Crippen MR) is 12.2 cm³/mol. The first-order chi connectivity index (χ1) is 2.27. The third-order valence-corrected chi connectivity index (χ3v) is 0.899. The molecule has 0 heterocycles. The molecule has 3 N–H and O–H groups in total. The molecule has 0 saturated carbocycles. The third kappa shape index (κ3) is 4.81. The summed E-state index contributed by atoms with van der Waals surface area (Å²) in [6, 6.07) is 0. The molecule has 0 bridgehead atoms. The second kappa shape index (κ2) is 3.01. The van der Waals surface area contributed by atoms with Crippen LogP contribution in [0.25, 0.3) is 0 Å². The minimum absolute atomic E-state index is 0.773. The fraction of sp³-hybridized carbons (Fsp3) is 0. The normalized spacial score (nSPS) is 6.60. The van der Waals surface area contributed by atoms with Crippen LogP contribution in [0, 0.1) is 37.9 Å². The van der Waals surface area contributed by atoms with Crippen molar-refractivity contribution >= 4 is 1.49 Å². The minimum atomic E-state index is -1.62. The van der Waals surface area contributed by atoms with E-state index in [4.69, 9.17) is 6.80 Å². The molecular weight excluding hydrogens is 198 g/mol. The van der Waals surface area contributed by atoms with Crippen molar-refractivity contribution in [2.24, 2.45) is 1.70 Å². The Morgan fingerprint density at radius 3 is 2.20 bits per heavy atom. The van der Waals surface area contributed by atoms with Crippen LogP contribution < -0.4 is 1.70 Å². The summed E-state index contributed by atoms with van der Waals surface area (Å²) >= 11 is -1.62. The van der Waals surface area contributed by atoms with Gasteiger partial charge in [0.15, 0.2) is 0 Å². The number of hydrogen-bond donors (Lipinski definition) is 2. The molecule has 0 saturated heterocycles. The number of carbonyl (C=O) groups is 1. The van der Waals surface area contributed by atoms with Crippen molar-refractivity contribution in [3.05, 3.63) is 0 Å². The summed E-state index contributed by atoms with van der Waals surface area (Å²) in [5, 5.41) is 7.68. The zero-order valence-electron chi connectivity index (χ0n) is 2.43. The van der Waals surface area contributed by atoms with Crippen LogP contribution in [0.15, 0.2) is 0 Å². The molecule has 0 fully saturated rings. The molecule has 3 nitrogen and oxygen atoms in total. The van der Waals surface area contributed by atoms with Crippen LogP contribution in [-0.2, 0) is 0 Å². The molecule has 0 spiro atoms. The summed E-state index contributed by atoms with van der Waals surface area (Å²) in [7, 11) is 0. The van der Waals surface area contributed by atoms with Crippen molar-refractivity contribution < 1.29 is 47.8 Å². The molecule has 0 aliphatic rings.